The molecular weight excluding hydrogens is 503 g/mol. The van der Waals surface area contributed by atoms with Crippen LogP contribution in [0.5, 0.6) is 0 Å². The summed E-state index contributed by atoms with van der Waals surface area (Å²) in [4.78, 5) is 0. The third kappa shape index (κ3) is 3.03. The van der Waals surface area contributed by atoms with Crippen molar-refractivity contribution in [3.05, 3.63) is 11.6 Å². The van der Waals surface area contributed by atoms with Crippen LogP contribution in [0.3, 0.4) is 0 Å². The average Bonchev–Trinajstić information content (AvgIpc) is 3.23. The summed E-state index contributed by atoms with van der Waals surface area (Å²) >= 11 is 0. The van der Waals surface area contributed by atoms with E-state index in [1.807, 2.05) is 0 Å². The molecule has 0 aliphatic heterocycles. The summed E-state index contributed by atoms with van der Waals surface area (Å²) in [6, 6.07) is 0. The largest absolute Gasteiger partial charge is 0.460 e. The fraction of sp³-hybridized carbons (Fsp3) is 0.867. The van der Waals surface area contributed by atoms with Gasteiger partial charge in [-0.25, -0.2) is 0 Å². The lowest BCUT2D eigenvalue weighted by Gasteiger charge is -2.44. The Morgan fingerprint density at radius 1 is 0.500 bits per heavy atom. The molecule has 1 fully saturated rings. The van der Waals surface area contributed by atoms with Gasteiger partial charge < -0.3 is 0 Å². The highest BCUT2D eigenvalue weighted by molar-refractivity contribution is 5.23. The molecule has 0 saturated heterocycles. The van der Waals surface area contributed by atoms with E-state index in [1.165, 1.54) is 6.08 Å². The van der Waals surface area contributed by atoms with Gasteiger partial charge in [0.1, 0.15) is 0 Å². The van der Waals surface area contributed by atoms with E-state index in [9.17, 15) is 74.6 Å². The number of halogens is 17. The molecule has 0 nitrogen and oxygen atoms in total. The van der Waals surface area contributed by atoms with Crippen molar-refractivity contribution in [3.63, 3.8) is 0 Å². The Morgan fingerprint density at radius 2 is 0.875 bits per heavy atom. The van der Waals surface area contributed by atoms with E-state index in [2.05, 4.69) is 0 Å². The highest BCUT2D eigenvalue weighted by Crippen LogP contribution is 2.66. The minimum Gasteiger partial charge on any atom is -0.199 e. The fourth-order valence-corrected chi connectivity index (χ4v) is 3.58. The molecular formula is C15H9F17. The molecule has 17 heteroatoms. The molecule has 0 amide bonds. The highest BCUT2D eigenvalue weighted by atomic mass is 19.4. The quantitative estimate of drug-likeness (QED) is 0.247. The summed E-state index contributed by atoms with van der Waals surface area (Å²) in [5, 5.41) is 0. The Morgan fingerprint density at radius 3 is 1.19 bits per heavy atom. The molecule has 32 heavy (non-hydrogen) atoms. The van der Waals surface area contributed by atoms with E-state index < -0.39 is 72.3 Å². The van der Waals surface area contributed by atoms with Crippen LogP contribution in [-0.2, 0) is 0 Å². The number of rotatable bonds is 7. The topological polar surface area (TPSA) is 0 Å². The molecule has 1 saturated carbocycles. The summed E-state index contributed by atoms with van der Waals surface area (Å²) in [6.07, 6.45) is -8.39. The van der Waals surface area contributed by atoms with Crippen LogP contribution in [0.1, 0.15) is 19.3 Å². The number of alkyl halides is 17. The fourth-order valence-electron chi connectivity index (χ4n) is 3.58. The molecule has 2 atom stereocenters. The first-order chi connectivity index (χ1) is 13.8. The Balaban J connectivity index is 2.56. The maximum Gasteiger partial charge on any atom is 0.460 e. The van der Waals surface area contributed by atoms with Crippen LogP contribution in [0, 0.1) is 11.8 Å². The number of allylic oxidation sites excluding steroid dienone is 2. The van der Waals surface area contributed by atoms with Gasteiger partial charge in [-0.05, 0) is 25.2 Å². The molecule has 0 aromatic heterocycles. The SMILES string of the molecule is FC(F)(F)C(F)(F)C(F)(F)C(F)(F)C(F)(F)C(F)(F)C(F)(F)C(F)(F)C1CC2=CCC1C2. The van der Waals surface area contributed by atoms with E-state index >= 15 is 0 Å². The normalized spacial score (nSPS) is 24.2. The first-order valence-electron chi connectivity index (χ1n) is 8.21. The van der Waals surface area contributed by atoms with Crippen molar-refractivity contribution in [2.24, 2.45) is 11.8 Å². The predicted octanol–water partition coefficient (Wildman–Crippen LogP) is 7.35. The van der Waals surface area contributed by atoms with Crippen molar-refractivity contribution in [1.82, 2.24) is 0 Å². The zero-order valence-corrected chi connectivity index (χ0v) is 14.8. The van der Waals surface area contributed by atoms with Gasteiger partial charge in [-0.15, -0.1) is 0 Å². The molecule has 0 radical (unpaired) electrons. The van der Waals surface area contributed by atoms with Crippen LogP contribution >= 0.6 is 0 Å². The third-order valence-corrected chi connectivity index (χ3v) is 5.50. The van der Waals surface area contributed by atoms with Crippen LogP contribution in [-0.4, -0.2) is 47.6 Å². The summed E-state index contributed by atoms with van der Waals surface area (Å²) in [5.74, 6) is -60.1. The molecule has 0 heterocycles. The van der Waals surface area contributed by atoms with Gasteiger partial charge in [0, 0.05) is 5.92 Å². The van der Waals surface area contributed by atoms with Gasteiger partial charge in [-0.3, -0.25) is 0 Å². The number of hydrogen-bond donors (Lipinski definition) is 0. The van der Waals surface area contributed by atoms with E-state index in [0.717, 1.165) is 0 Å². The summed E-state index contributed by atoms with van der Waals surface area (Å²) in [7, 11) is 0. The molecule has 2 aliphatic carbocycles. The first kappa shape index (κ1) is 26.8. The molecule has 0 N–H and O–H groups in total. The Hall–Kier alpha value is -1.45. The van der Waals surface area contributed by atoms with Crippen molar-refractivity contribution in [1.29, 1.82) is 0 Å². The summed E-state index contributed by atoms with van der Waals surface area (Å²) < 4.78 is 225. The number of fused-ring (bicyclic) bond motifs is 2. The van der Waals surface area contributed by atoms with Crippen LogP contribution in [0.2, 0.25) is 0 Å². The zero-order valence-electron chi connectivity index (χ0n) is 14.8. The second kappa shape index (κ2) is 6.79. The van der Waals surface area contributed by atoms with Crippen molar-refractivity contribution >= 4 is 0 Å². The smallest absolute Gasteiger partial charge is 0.199 e. The highest BCUT2D eigenvalue weighted by Gasteiger charge is 2.95. The van der Waals surface area contributed by atoms with Crippen LogP contribution in [0.25, 0.3) is 0 Å². The van der Waals surface area contributed by atoms with Gasteiger partial charge >= 0.3 is 47.6 Å². The van der Waals surface area contributed by atoms with E-state index in [0.29, 0.717) is 0 Å². The molecule has 188 valence electrons. The summed E-state index contributed by atoms with van der Waals surface area (Å²) in [6.45, 7) is 0. The lowest BCUT2D eigenvalue weighted by atomic mass is 9.79. The number of hydrogen-bond acceptors (Lipinski definition) is 0. The molecule has 2 bridgehead atoms. The Bertz CT molecular complexity index is 771. The minimum absolute atomic E-state index is 0.00670. The molecule has 0 aromatic carbocycles. The van der Waals surface area contributed by atoms with Crippen LogP contribution in [0.4, 0.5) is 74.6 Å². The molecule has 0 spiro atoms. The van der Waals surface area contributed by atoms with Gasteiger partial charge in [0.15, 0.2) is 0 Å². The maximum atomic E-state index is 14.1. The first-order valence-corrected chi connectivity index (χ1v) is 8.21. The van der Waals surface area contributed by atoms with Gasteiger partial charge in [0.25, 0.3) is 0 Å². The van der Waals surface area contributed by atoms with Gasteiger partial charge in [-0.2, -0.15) is 74.6 Å². The second-order valence-electron chi connectivity index (χ2n) is 7.44. The zero-order chi connectivity index (χ0) is 25.6. The average molecular weight is 512 g/mol. The molecule has 2 rings (SSSR count). The van der Waals surface area contributed by atoms with Crippen molar-refractivity contribution < 1.29 is 74.6 Å². The lowest BCUT2D eigenvalue weighted by Crippen LogP contribution is -2.75. The van der Waals surface area contributed by atoms with Crippen molar-refractivity contribution in [2.45, 2.75) is 66.9 Å². The molecule has 2 aliphatic rings. The Kier molecular flexibility index (Phi) is 5.69. The minimum atomic E-state index is -8.57. The standard InChI is InChI=1S/C15H9F17/c16-8(17,7-4-5-1-2-6(7)3-5)9(18,19)10(20,21)11(22,23)12(24,25)13(26,27)14(28,29)15(30,31)32/h1,6-7H,2-4H2. The maximum absolute atomic E-state index is 14.1. The van der Waals surface area contributed by atoms with Gasteiger partial charge in [-0.1, -0.05) is 11.6 Å². The van der Waals surface area contributed by atoms with E-state index in [4.69, 9.17) is 0 Å². The van der Waals surface area contributed by atoms with Gasteiger partial charge in [0.05, 0.1) is 0 Å². The van der Waals surface area contributed by atoms with Gasteiger partial charge in [0.2, 0.25) is 0 Å². The molecule has 0 aromatic rings. The molecule has 2 unspecified atom stereocenters. The predicted molar refractivity (Wildman–Crippen MR) is 69.6 cm³/mol. The van der Waals surface area contributed by atoms with Crippen molar-refractivity contribution in [2.75, 3.05) is 0 Å². The summed E-state index contributed by atoms with van der Waals surface area (Å²) in [5.41, 5.74) is 0.00670. The van der Waals surface area contributed by atoms with Crippen molar-refractivity contribution in [3.8, 4) is 0 Å². The van der Waals surface area contributed by atoms with Crippen LogP contribution in [0.15, 0.2) is 11.6 Å². The van der Waals surface area contributed by atoms with E-state index in [-0.39, 0.29) is 12.0 Å². The monoisotopic (exact) mass is 512 g/mol. The van der Waals surface area contributed by atoms with Crippen LogP contribution < -0.4 is 0 Å². The Labute approximate surface area is 166 Å². The second-order valence-corrected chi connectivity index (χ2v) is 7.44. The van der Waals surface area contributed by atoms with E-state index in [1.54, 1.807) is 0 Å². The lowest BCUT2D eigenvalue weighted by molar-refractivity contribution is -0.463. The third-order valence-electron chi connectivity index (χ3n) is 5.50.